The number of ether oxygens (including phenoxy) is 2. The molecule has 0 radical (unpaired) electrons. The lowest BCUT2D eigenvalue weighted by Crippen LogP contribution is -2.74. The third-order valence-electron chi connectivity index (χ3n) is 5.35. The highest BCUT2D eigenvalue weighted by Gasteiger charge is 2.81. The summed E-state index contributed by atoms with van der Waals surface area (Å²) in [5, 5.41) is 0.475. The van der Waals surface area contributed by atoms with E-state index in [1.165, 1.54) is 0 Å². The van der Waals surface area contributed by atoms with Crippen LogP contribution < -0.4 is 0 Å². The molecule has 21 heavy (non-hydrogen) atoms. The van der Waals surface area contributed by atoms with Crippen molar-refractivity contribution in [1.82, 2.24) is 0 Å². The van der Waals surface area contributed by atoms with E-state index >= 15 is 0 Å². The predicted octanol–water partition coefficient (Wildman–Crippen LogP) is 1.74. The van der Waals surface area contributed by atoms with Crippen LogP contribution in [0.3, 0.4) is 0 Å². The Hall–Kier alpha value is -0.935. The van der Waals surface area contributed by atoms with E-state index < -0.39 is 0 Å². The van der Waals surface area contributed by atoms with E-state index in [0.29, 0.717) is 17.8 Å². The number of thioether (sulfide) groups is 1. The average Bonchev–Trinajstić information content (AvgIpc) is 2.59. The number of carbonyl (C=O) groups excluding carboxylic acids is 1. The molecule has 1 aromatic rings. The Labute approximate surface area is 130 Å². The molecule has 110 valence electrons. The Kier molecular flexibility index (Phi) is 2.96. The summed E-state index contributed by atoms with van der Waals surface area (Å²) in [5.74, 6) is 0.317. The SMILES string of the molecule is B[C@@H]1O[C@@]2(CC)CC3(C(=O)OCc4ccccc4)S[C@H]1C32. The molecule has 3 aliphatic rings. The highest BCUT2D eigenvalue weighted by molar-refractivity contribution is 8.03. The second-order valence-electron chi connectivity index (χ2n) is 6.43. The standard InChI is InChI=1S/C16H19BO3S/c1-2-15-9-16(12(15)11(21-16)13(17)20-15)14(18)19-8-10-6-4-3-5-7-10/h3-7,11-13H,2,8-9,17H2,1H3/t11-,12?,13+,15-,16?/m0/s1. The van der Waals surface area contributed by atoms with Gasteiger partial charge in [-0.3, -0.25) is 4.79 Å². The predicted molar refractivity (Wildman–Crippen MR) is 84.9 cm³/mol. The normalized spacial score (nSPS) is 42.6. The highest BCUT2D eigenvalue weighted by atomic mass is 32.2. The largest absolute Gasteiger partial charge is 0.460 e. The van der Waals surface area contributed by atoms with Crippen LogP contribution in [0.25, 0.3) is 0 Å². The summed E-state index contributed by atoms with van der Waals surface area (Å²) < 4.78 is 11.4. The van der Waals surface area contributed by atoms with Gasteiger partial charge in [-0.05, 0) is 12.0 Å². The van der Waals surface area contributed by atoms with E-state index in [1.807, 2.05) is 30.3 Å². The number of hydrogen-bond donors (Lipinski definition) is 0. The van der Waals surface area contributed by atoms with Crippen LogP contribution in [-0.2, 0) is 20.9 Å². The Bertz CT molecular complexity index is 580. The highest BCUT2D eigenvalue weighted by Crippen LogP contribution is 2.75. The van der Waals surface area contributed by atoms with Crippen LogP contribution in [0.1, 0.15) is 25.3 Å². The number of rotatable bonds is 4. The van der Waals surface area contributed by atoms with E-state index in [0.717, 1.165) is 18.4 Å². The average molecular weight is 302 g/mol. The van der Waals surface area contributed by atoms with Crippen molar-refractivity contribution in [2.45, 2.75) is 48.0 Å². The van der Waals surface area contributed by atoms with Crippen molar-refractivity contribution in [2.75, 3.05) is 0 Å². The van der Waals surface area contributed by atoms with Crippen molar-refractivity contribution in [3.05, 3.63) is 35.9 Å². The summed E-state index contributed by atoms with van der Waals surface area (Å²) in [7, 11) is 2.13. The van der Waals surface area contributed by atoms with E-state index in [-0.39, 0.29) is 22.3 Å². The Morgan fingerprint density at radius 3 is 2.95 bits per heavy atom. The molecule has 2 saturated heterocycles. The first-order chi connectivity index (χ1) is 10.1. The van der Waals surface area contributed by atoms with Crippen molar-refractivity contribution >= 4 is 25.6 Å². The minimum absolute atomic E-state index is 0.0422. The maximum absolute atomic E-state index is 12.6. The summed E-state index contributed by atoms with van der Waals surface area (Å²) in [6.45, 7) is 2.53. The van der Waals surface area contributed by atoms with Gasteiger partial charge in [0.15, 0.2) is 0 Å². The van der Waals surface area contributed by atoms with Crippen LogP contribution in [-0.4, -0.2) is 35.4 Å². The first kappa shape index (κ1) is 13.7. The fourth-order valence-corrected chi connectivity index (χ4v) is 6.43. The van der Waals surface area contributed by atoms with E-state index in [4.69, 9.17) is 9.47 Å². The number of benzene rings is 1. The molecule has 0 N–H and O–H groups in total. The van der Waals surface area contributed by atoms with Crippen LogP contribution >= 0.6 is 11.8 Å². The first-order valence-electron chi connectivity index (χ1n) is 7.68. The Morgan fingerprint density at radius 2 is 2.24 bits per heavy atom. The van der Waals surface area contributed by atoms with Gasteiger partial charge in [-0.25, -0.2) is 0 Å². The van der Waals surface area contributed by atoms with E-state index in [2.05, 4.69) is 14.8 Å². The second-order valence-corrected chi connectivity index (χ2v) is 7.94. The Morgan fingerprint density at radius 1 is 1.48 bits per heavy atom. The van der Waals surface area contributed by atoms with Crippen molar-refractivity contribution < 1.29 is 14.3 Å². The smallest absolute Gasteiger partial charge is 0.323 e. The minimum Gasteiger partial charge on any atom is -0.460 e. The molecule has 0 spiro atoms. The van der Waals surface area contributed by atoms with Gasteiger partial charge in [-0.1, -0.05) is 37.3 Å². The maximum atomic E-state index is 12.6. The number of esters is 1. The fourth-order valence-electron chi connectivity index (χ4n) is 4.32. The summed E-state index contributed by atoms with van der Waals surface area (Å²) in [6, 6.07) is 10.1. The molecule has 2 aliphatic heterocycles. The van der Waals surface area contributed by atoms with Crippen LogP contribution in [0.5, 0.6) is 0 Å². The van der Waals surface area contributed by atoms with Crippen molar-refractivity contribution in [1.29, 1.82) is 0 Å². The molecule has 0 amide bonds. The summed E-state index contributed by atoms with van der Waals surface area (Å²) in [5.41, 5.74) is 0.987. The zero-order valence-corrected chi connectivity index (χ0v) is 13.2. The molecule has 4 rings (SSSR count). The van der Waals surface area contributed by atoms with Gasteiger partial charge >= 0.3 is 5.97 Å². The quantitative estimate of drug-likeness (QED) is 0.627. The molecular formula is C16H19BO3S. The van der Waals surface area contributed by atoms with Gasteiger partial charge in [0, 0.05) is 23.6 Å². The van der Waals surface area contributed by atoms with Gasteiger partial charge in [0.25, 0.3) is 0 Å². The number of carbonyl (C=O) groups is 1. The molecule has 0 aromatic heterocycles. The molecule has 0 bridgehead atoms. The van der Waals surface area contributed by atoms with Gasteiger partial charge in [-0.2, -0.15) is 0 Å². The van der Waals surface area contributed by atoms with Crippen LogP contribution in [0.15, 0.2) is 30.3 Å². The molecular weight excluding hydrogens is 283 g/mol. The first-order valence-corrected chi connectivity index (χ1v) is 8.56. The van der Waals surface area contributed by atoms with Crippen LogP contribution in [0.2, 0.25) is 0 Å². The number of hydrogen-bond acceptors (Lipinski definition) is 4. The van der Waals surface area contributed by atoms with Crippen molar-refractivity contribution in [3.63, 3.8) is 0 Å². The van der Waals surface area contributed by atoms with Crippen molar-refractivity contribution in [2.24, 2.45) is 5.92 Å². The monoisotopic (exact) mass is 302 g/mol. The summed E-state index contributed by atoms with van der Waals surface area (Å²) >= 11 is 1.78. The van der Waals surface area contributed by atoms with Crippen molar-refractivity contribution in [3.8, 4) is 0 Å². The molecule has 1 saturated carbocycles. The van der Waals surface area contributed by atoms with Gasteiger partial charge in [-0.15, -0.1) is 11.8 Å². The lowest BCUT2D eigenvalue weighted by atomic mass is 9.57. The second kappa shape index (κ2) is 4.53. The van der Waals surface area contributed by atoms with E-state index in [1.54, 1.807) is 11.8 Å². The topological polar surface area (TPSA) is 35.5 Å². The third-order valence-corrected chi connectivity index (χ3v) is 7.26. The summed E-state index contributed by atoms with van der Waals surface area (Å²) in [4.78, 5) is 12.6. The van der Waals surface area contributed by atoms with Gasteiger partial charge in [0.05, 0.1) is 5.60 Å². The fraction of sp³-hybridized carbons (Fsp3) is 0.562. The molecule has 3 nitrogen and oxygen atoms in total. The van der Waals surface area contributed by atoms with Gasteiger partial charge in [0.2, 0.25) is 0 Å². The molecule has 2 heterocycles. The summed E-state index contributed by atoms with van der Waals surface area (Å²) in [6.07, 6.45) is 1.81. The Balaban J connectivity index is 1.45. The molecule has 1 aliphatic carbocycles. The van der Waals surface area contributed by atoms with Crippen LogP contribution in [0, 0.1) is 5.92 Å². The zero-order valence-electron chi connectivity index (χ0n) is 12.4. The minimum atomic E-state index is -0.319. The molecule has 1 aromatic carbocycles. The molecule has 5 atom stereocenters. The molecule has 2 unspecified atom stereocenters. The molecule has 3 fully saturated rings. The maximum Gasteiger partial charge on any atom is 0.323 e. The van der Waals surface area contributed by atoms with Gasteiger partial charge in [0.1, 0.15) is 19.2 Å². The lowest BCUT2D eigenvalue weighted by Gasteiger charge is -2.64. The van der Waals surface area contributed by atoms with Crippen LogP contribution in [0.4, 0.5) is 0 Å². The van der Waals surface area contributed by atoms with E-state index in [9.17, 15) is 4.79 Å². The van der Waals surface area contributed by atoms with Gasteiger partial charge < -0.3 is 9.47 Å². The third kappa shape index (κ3) is 1.70. The molecule has 5 heteroatoms. The zero-order chi connectivity index (χ0) is 14.7. The lowest BCUT2D eigenvalue weighted by molar-refractivity contribution is -0.172.